The maximum absolute atomic E-state index is 13.0. The van der Waals surface area contributed by atoms with Gasteiger partial charge in [-0.1, -0.05) is 6.07 Å². The zero-order valence-electron chi connectivity index (χ0n) is 14.1. The number of carbonyl (C=O) groups is 1. The number of pyridine rings is 1. The number of rotatable bonds is 3. The van der Waals surface area contributed by atoms with Crippen molar-refractivity contribution >= 4 is 11.6 Å². The van der Waals surface area contributed by atoms with Crippen LogP contribution in [0.3, 0.4) is 0 Å². The number of fused-ring (bicyclic) bond motifs is 2. The molecule has 27 heavy (non-hydrogen) atoms. The number of carbonyl (C=O) groups excluding carboxylic acids is 1. The van der Waals surface area contributed by atoms with Gasteiger partial charge in [-0.15, -0.1) is 0 Å². The highest BCUT2D eigenvalue weighted by molar-refractivity contribution is 5.94. The van der Waals surface area contributed by atoms with Crippen molar-refractivity contribution < 1.29 is 27.4 Å². The molecule has 0 saturated carbocycles. The average molecular weight is 377 g/mol. The fourth-order valence-corrected chi connectivity index (χ4v) is 2.92. The van der Waals surface area contributed by atoms with Crippen LogP contribution < -0.4 is 14.8 Å². The first-order valence-electron chi connectivity index (χ1n) is 8.05. The second kappa shape index (κ2) is 6.19. The van der Waals surface area contributed by atoms with E-state index in [1.165, 1.54) is 6.07 Å². The number of imidazole rings is 1. The van der Waals surface area contributed by atoms with Gasteiger partial charge in [0.1, 0.15) is 11.3 Å². The molecule has 1 amide bonds. The van der Waals surface area contributed by atoms with Gasteiger partial charge in [-0.25, -0.2) is 4.98 Å². The van der Waals surface area contributed by atoms with Crippen molar-refractivity contribution in [2.24, 2.45) is 0 Å². The number of nitrogens with zero attached hydrogens (tertiary/aromatic N) is 2. The fraction of sp³-hybridized carbons (Fsp3) is 0.222. The van der Waals surface area contributed by atoms with Crippen molar-refractivity contribution in [3.8, 4) is 11.5 Å². The quantitative estimate of drug-likeness (QED) is 0.761. The Morgan fingerprint density at radius 2 is 2.00 bits per heavy atom. The van der Waals surface area contributed by atoms with E-state index in [-0.39, 0.29) is 24.7 Å². The summed E-state index contributed by atoms with van der Waals surface area (Å²) >= 11 is 0. The van der Waals surface area contributed by atoms with Crippen molar-refractivity contribution in [1.29, 1.82) is 0 Å². The third-order valence-corrected chi connectivity index (χ3v) is 4.23. The molecule has 1 aromatic carbocycles. The minimum atomic E-state index is -4.51. The maximum atomic E-state index is 13.0. The van der Waals surface area contributed by atoms with Gasteiger partial charge in [-0.05, 0) is 36.8 Å². The van der Waals surface area contributed by atoms with Gasteiger partial charge in [-0.2, -0.15) is 13.2 Å². The fourth-order valence-electron chi connectivity index (χ4n) is 2.92. The summed E-state index contributed by atoms with van der Waals surface area (Å²) in [5, 5.41) is 2.71. The molecule has 0 atom stereocenters. The van der Waals surface area contributed by atoms with Gasteiger partial charge in [0.05, 0.1) is 11.3 Å². The normalized spacial score (nSPS) is 13.2. The van der Waals surface area contributed by atoms with Crippen LogP contribution in [-0.2, 0) is 12.7 Å². The van der Waals surface area contributed by atoms with E-state index < -0.39 is 17.6 Å². The number of aryl methyl sites for hydroxylation is 1. The molecule has 0 unspecified atom stereocenters. The van der Waals surface area contributed by atoms with Crippen LogP contribution in [0.15, 0.2) is 36.5 Å². The van der Waals surface area contributed by atoms with Gasteiger partial charge in [0.15, 0.2) is 11.5 Å². The molecule has 1 N–H and O–H groups in total. The highest BCUT2D eigenvalue weighted by Gasteiger charge is 2.31. The van der Waals surface area contributed by atoms with Crippen molar-refractivity contribution in [3.05, 3.63) is 59.0 Å². The molecule has 3 aromatic rings. The highest BCUT2D eigenvalue weighted by Crippen LogP contribution is 2.32. The molecule has 0 aliphatic carbocycles. The van der Waals surface area contributed by atoms with Gasteiger partial charge >= 0.3 is 6.18 Å². The van der Waals surface area contributed by atoms with E-state index >= 15 is 0 Å². The molecule has 2 aromatic heterocycles. The molecule has 0 bridgehead atoms. The van der Waals surface area contributed by atoms with Crippen molar-refractivity contribution in [2.75, 3.05) is 6.79 Å². The van der Waals surface area contributed by atoms with E-state index in [4.69, 9.17) is 9.47 Å². The SMILES string of the molecule is Cc1nc2ccc(C(F)(F)F)cn2c1C(=O)NCc1ccc2c(c1)OCO2. The average Bonchev–Trinajstić information content (AvgIpc) is 3.20. The number of aromatic nitrogens is 2. The van der Waals surface area contributed by atoms with E-state index in [1.807, 2.05) is 0 Å². The predicted octanol–water partition coefficient (Wildman–Crippen LogP) is 3.32. The molecule has 9 heteroatoms. The summed E-state index contributed by atoms with van der Waals surface area (Å²) in [6, 6.07) is 7.43. The molecule has 0 spiro atoms. The monoisotopic (exact) mass is 377 g/mol. The van der Waals surface area contributed by atoms with Crippen LogP contribution in [0.2, 0.25) is 0 Å². The molecule has 1 aliphatic heterocycles. The summed E-state index contributed by atoms with van der Waals surface area (Å²) in [5.41, 5.74) is 0.607. The van der Waals surface area contributed by atoms with Gasteiger partial charge in [0.2, 0.25) is 6.79 Å². The third kappa shape index (κ3) is 3.16. The molecule has 140 valence electrons. The van der Waals surface area contributed by atoms with Crippen LogP contribution in [-0.4, -0.2) is 22.1 Å². The van der Waals surface area contributed by atoms with E-state index in [0.717, 1.165) is 22.2 Å². The van der Waals surface area contributed by atoms with Gasteiger partial charge in [0, 0.05) is 12.7 Å². The first-order valence-corrected chi connectivity index (χ1v) is 8.05. The summed E-state index contributed by atoms with van der Waals surface area (Å²) in [7, 11) is 0. The Morgan fingerprint density at radius 1 is 1.22 bits per heavy atom. The predicted molar refractivity (Wildman–Crippen MR) is 88.7 cm³/mol. The smallest absolute Gasteiger partial charge is 0.417 e. The minimum absolute atomic E-state index is 0.0665. The van der Waals surface area contributed by atoms with Gasteiger partial charge in [-0.3, -0.25) is 9.20 Å². The minimum Gasteiger partial charge on any atom is -0.454 e. The lowest BCUT2D eigenvalue weighted by molar-refractivity contribution is -0.137. The summed E-state index contributed by atoms with van der Waals surface area (Å²) in [5.74, 6) is 0.696. The number of halogens is 3. The number of alkyl halides is 3. The second-order valence-electron chi connectivity index (χ2n) is 6.06. The Balaban J connectivity index is 1.59. The van der Waals surface area contributed by atoms with E-state index in [0.29, 0.717) is 17.2 Å². The zero-order chi connectivity index (χ0) is 19.2. The summed E-state index contributed by atoms with van der Waals surface area (Å²) < 4.78 is 50.6. The standard InChI is InChI=1S/C18H14F3N3O3/c1-10-16(24-8-12(18(19,20)21)3-5-15(24)23-10)17(25)22-7-11-2-4-13-14(6-11)27-9-26-13/h2-6,8H,7,9H2,1H3,(H,22,25). The number of ether oxygens (including phenoxy) is 2. The molecule has 0 saturated heterocycles. The van der Waals surface area contributed by atoms with Gasteiger partial charge < -0.3 is 14.8 Å². The summed E-state index contributed by atoms with van der Waals surface area (Å²) in [6.45, 7) is 1.91. The molecule has 0 radical (unpaired) electrons. The lowest BCUT2D eigenvalue weighted by atomic mass is 10.2. The third-order valence-electron chi connectivity index (χ3n) is 4.23. The molecular weight excluding hydrogens is 363 g/mol. The van der Waals surface area contributed by atoms with Crippen LogP contribution in [0, 0.1) is 6.92 Å². The first-order chi connectivity index (χ1) is 12.8. The number of nitrogens with one attached hydrogen (secondary N) is 1. The van der Waals surface area contributed by atoms with Crippen LogP contribution in [0.25, 0.3) is 5.65 Å². The molecule has 1 aliphatic rings. The van der Waals surface area contributed by atoms with E-state index in [1.54, 1.807) is 25.1 Å². The Kier molecular flexibility index (Phi) is 3.94. The first kappa shape index (κ1) is 17.2. The number of amides is 1. The maximum Gasteiger partial charge on any atom is 0.417 e. The van der Waals surface area contributed by atoms with Crippen LogP contribution in [0.5, 0.6) is 11.5 Å². The van der Waals surface area contributed by atoms with E-state index in [2.05, 4.69) is 10.3 Å². The summed E-state index contributed by atoms with van der Waals surface area (Å²) in [4.78, 5) is 16.8. The summed E-state index contributed by atoms with van der Waals surface area (Å²) in [6.07, 6.45) is -3.63. The largest absolute Gasteiger partial charge is 0.454 e. The molecular formula is C18H14F3N3O3. The van der Waals surface area contributed by atoms with Crippen LogP contribution in [0.4, 0.5) is 13.2 Å². The topological polar surface area (TPSA) is 64.9 Å². The number of hydrogen-bond acceptors (Lipinski definition) is 4. The van der Waals surface area contributed by atoms with Crippen molar-refractivity contribution in [3.63, 3.8) is 0 Å². The Bertz CT molecular complexity index is 1040. The molecule has 6 nitrogen and oxygen atoms in total. The zero-order valence-corrected chi connectivity index (χ0v) is 14.1. The van der Waals surface area contributed by atoms with Crippen LogP contribution in [0.1, 0.15) is 27.3 Å². The van der Waals surface area contributed by atoms with Gasteiger partial charge in [0.25, 0.3) is 5.91 Å². The van der Waals surface area contributed by atoms with Crippen molar-refractivity contribution in [1.82, 2.24) is 14.7 Å². The lowest BCUT2D eigenvalue weighted by Gasteiger charge is -2.09. The van der Waals surface area contributed by atoms with E-state index in [9.17, 15) is 18.0 Å². The number of benzene rings is 1. The Morgan fingerprint density at radius 3 is 2.78 bits per heavy atom. The molecule has 3 heterocycles. The molecule has 4 rings (SSSR count). The van der Waals surface area contributed by atoms with Crippen molar-refractivity contribution in [2.45, 2.75) is 19.6 Å². The van der Waals surface area contributed by atoms with Crippen LogP contribution >= 0.6 is 0 Å². The Hall–Kier alpha value is -3.23. The second-order valence-corrected chi connectivity index (χ2v) is 6.06. The Labute approximate surface area is 151 Å². The highest BCUT2D eigenvalue weighted by atomic mass is 19.4. The molecule has 0 fully saturated rings. The lowest BCUT2D eigenvalue weighted by Crippen LogP contribution is -2.25. The number of hydrogen-bond donors (Lipinski definition) is 1.